The number of carboxylic acids is 1. The van der Waals surface area contributed by atoms with Crippen LogP contribution in [0.1, 0.15) is 51.2 Å². The van der Waals surface area contributed by atoms with Gasteiger partial charge < -0.3 is 10.4 Å². The van der Waals surface area contributed by atoms with Gasteiger partial charge in [0.2, 0.25) is 5.91 Å². The average Bonchev–Trinajstić information content (AvgIpc) is 2.50. The Bertz CT molecular complexity index is 493. The summed E-state index contributed by atoms with van der Waals surface area (Å²) in [5, 5.41) is 12.2. The summed E-state index contributed by atoms with van der Waals surface area (Å²) in [5.41, 5.74) is 1.34. The molecule has 116 valence electrons. The number of carbonyl (C=O) groups excluding carboxylic acids is 1. The molecule has 1 rings (SSSR count). The number of carboxylic acid groups (broad SMARTS) is 1. The van der Waals surface area contributed by atoms with Crippen LogP contribution in [0, 0.1) is 5.41 Å². The molecular formula is C17H25NO3. The van der Waals surface area contributed by atoms with Crippen LogP contribution in [-0.4, -0.2) is 17.0 Å². The third-order valence-electron chi connectivity index (χ3n) is 4.28. The second-order valence-corrected chi connectivity index (χ2v) is 5.37. The third kappa shape index (κ3) is 4.31. The van der Waals surface area contributed by atoms with Crippen molar-refractivity contribution >= 4 is 11.9 Å². The topological polar surface area (TPSA) is 66.4 Å². The van der Waals surface area contributed by atoms with Crippen molar-refractivity contribution in [2.75, 3.05) is 0 Å². The van der Waals surface area contributed by atoms with Gasteiger partial charge >= 0.3 is 5.97 Å². The number of rotatable bonds is 8. The Morgan fingerprint density at radius 1 is 1.10 bits per heavy atom. The van der Waals surface area contributed by atoms with Gasteiger partial charge in [0.05, 0.1) is 5.41 Å². The van der Waals surface area contributed by atoms with Crippen molar-refractivity contribution in [3.05, 3.63) is 35.4 Å². The van der Waals surface area contributed by atoms with Crippen molar-refractivity contribution in [3.63, 3.8) is 0 Å². The Labute approximate surface area is 126 Å². The molecule has 0 fully saturated rings. The molecule has 0 aliphatic heterocycles. The number of nitrogens with one attached hydrogen (secondary N) is 1. The summed E-state index contributed by atoms with van der Waals surface area (Å²) in [7, 11) is 0. The van der Waals surface area contributed by atoms with Crippen molar-refractivity contribution in [2.24, 2.45) is 5.41 Å². The van der Waals surface area contributed by atoms with E-state index in [1.165, 1.54) is 5.56 Å². The number of hydrogen-bond donors (Lipinski definition) is 2. The first-order valence-electron chi connectivity index (χ1n) is 7.56. The van der Waals surface area contributed by atoms with Crippen LogP contribution in [0.4, 0.5) is 0 Å². The van der Waals surface area contributed by atoms with Gasteiger partial charge in [0.25, 0.3) is 0 Å². The predicted molar refractivity (Wildman–Crippen MR) is 82.9 cm³/mol. The number of aryl methyl sites for hydroxylation is 1. The number of aliphatic carboxylic acids is 1. The molecule has 0 spiro atoms. The summed E-state index contributed by atoms with van der Waals surface area (Å²) >= 11 is 0. The molecule has 0 saturated heterocycles. The minimum Gasteiger partial charge on any atom is -0.481 e. The lowest BCUT2D eigenvalue weighted by atomic mass is 9.79. The molecule has 21 heavy (non-hydrogen) atoms. The monoisotopic (exact) mass is 291 g/mol. The SMILES string of the molecule is CCc1ccccc1CNC(=O)CC(CC)(CC)C(=O)O. The van der Waals surface area contributed by atoms with Crippen molar-refractivity contribution in [2.45, 2.75) is 53.0 Å². The maximum atomic E-state index is 12.1. The van der Waals surface area contributed by atoms with Crippen molar-refractivity contribution in [3.8, 4) is 0 Å². The highest BCUT2D eigenvalue weighted by atomic mass is 16.4. The highest BCUT2D eigenvalue weighted by Gasteiger charge is 2.36. The molecule has 0 aromatic heterocycles. The largest absolute Gasteiger partial charge is 0.481 e. The normalized spacial score (nSPS) is 11.2. The van der Waals surface area contributed by atoms with Crippen molar-refractivity contribution in [1.82, 2.24) is 5.32 Å². The molecule has 0 saturated carbocycles. The van der Waals surface area contributed by atoms with Crippen molar-refractivity contribution < 1.29 is 14.7 Å². The van der Waals surface area contributed by atoms with E-state index in [9.17, 15) is 14.7 Å². The number of amides is 1. The third-order valence-corrected chi connectivity index (χ3v) is 4.28. The fourth-order valence-electron chi connectivity index (χ4n) is 2.52. The second kappa shape index (κ2) is 7.81. The first-order valence-corrected chi connectivity index (χ1v) is 7.56. The van der Waals surface area contributed by atoms with E-state index < -0.39 is 11.4 Å². The molecule has 0 heterocycles. The maximum Gasteiger partial charge on any atom is 0.310 e. The summed E-state index contributed by atoms with van der Waals surface area (Å²) in [5.74, 6) is -1.09. The molecule has 0 atom stereocenters. The fraction of sp³-hybridized carbons (Fsp3) is 0.529. The maximum absolute atomic E-state index is 12.1. The molecule has 0 unspecified atom stereocenters. The lowest BCUT2D eigenvalue weighted by molar-refractivity contribution is -0.152. The molecule has 1 amide bonds. The molecule has 1 aromatic rings. The molecule has 0 aliphatic carbocycles. The summed E-state index contributed by atoms with van der Waals surface area (Å²) in [6, 6.07) is 7.96. The molecule has 4 nitrogen and oxygen atoms in total. The van der Waals surface area contributed by atoms with Gasteiger partial charge in [-0.25, -0.2) is 0 Å². The molecule has 2 N–H and O–H groups in total. The highest BCUT2D eigenvalue weighted by molar-refractivity contribution is 5.84. The van der Waals surface area contributed by atoms with E-state index in [0.717, 1.165) is 12.0 Å². The van der Waals surface area contributed by atoms with Gasteiger partial charge in [-0.1, -0.05) is 45.0 Å². The van der Waals surface area contributed by atoms with Crippen LogP contribution in [0.2, 0.25) is 0 Å². The van der Waals surface area contributed by atoms with Gasteiger partial charge in [0, 0.05) is 13.0 Å². The van der Waals surface area contributed by atoms with Crippen LogP contribution in [-0.2, 0) is 22.6 Å². The van der Waals surface area contributed by atoms with Crippen LogP contribution < -0.4 is 5.32 Å². The van der Waals surface area contributed by atoms with Crippen LogP contribution in [0.15, 0.2) is 24.3 Å². The highest BCUT2D eigenvalue weighted by Crippen LogP contribution is 2.30. The molecule has 0 aliphatic rings. The lowest BCUT2D eigenvalue weighted by Crippen LogP contribution is -2.36. The van der Waals surface area contributed by atoms with E-state index in [1.807, 2.05) is 38.1 Å². The van der Waals surface area contributed by atoms with Gasteiger partial charge in [-0.2, -0.15) is 0 Å². The van der Waals surface area contributed by atoms with Crippen LogP contribution in [0.3, 0.4) is 0 Å². The van der Waals surface area contributed by atoms with E-state index in [0.29, 0.717) is 19.4 Å². The lowest BCUT2D eigenvalue weighted by Gasteiger charge is -2.25. The van der Waals surface area contributed by atoms with E-state index in [2.05, 4.69) is 12.2 Å². The summed E-state index contributed by atoms with van der Waals surface area (Å²) < 4.78 is 0. The predicted octanol–water partition coefficient (Wildman–Crippen LogP) is 3.15. The second-order valence-electron chi connectivity index (χ2n) is 5.37. The Morgan fingerprint density at radius 3 is 2.14 bits per heavy atom. The Morgan fingerprint density at radius 2 is 1.67 bits per heavy atom. The van der Waals surface area contributed by atoms with E-state index in [4.69, 9.17) is 0 Å². The number of benzene rings is 1. The van der Waals surface area contributed by atoms with Gasteiger partial charge in [-0.05, 0) is 30.4 Å². The van der Waals surface area contributed by atoms with Crippen LogP contribution in [0.5, 0.6) is 0 Å². The minimum absolute atomic E-state index is 0.0314. The Kier molecular flexibility index (Phi) is 6.40. The van der Waals surface area contributed by atoms with Gasteiger partial charge in [-0.15, -0.1) is 0 Å². The fourth-order valence-corrected chi connectivity index (χ4v) is 2.52. The molecule has 0 bridgehead atoms. The van der Waals surface area contributed by atoms with Crippen molar-refractivity contribution in [1.29, 1.82) is 0 Å². The standard InChI is InChI=1S/C17H25NO3/c1-4-13-9-7-8-10-14(13)12-18-15(19)11-17(5-2,6-3)16(20)21/h7-10H,4-6,11-12H2,1-3H3,(H,18,19)(H,20,21). The smallest absolute Gasteiger partial charge is 0.310 e. The summed E-state index contributed by atoms with van der Waals surface area (Å²) in [6.07, 6.45) is 1.86. The van der Waals surface area contributed by atoms with Gasteiger partial charge in [-0.3, -0.25) is 9.59 Å². The zero-order valence-corrected chi connectivity index (χ0v) is 13.1. The summed E-state index contributed by atoms with van der Waals surface area (Å²) in [4.78, 5) is 23.5. The number of carbonyl (C=O) groups is 2. The van der Waals surface area contributed by atoms with Gasteiger partial charge in [0.1, 0.15) is 0 Å². The van der Waals surface area contributed by atoms with Crippen LogP contribution >= 0.6 is 0 Å². The Hall–Kier alpha value is -1.84. The average molecular weight is 291 g/mol. The van der Waals surface area contributed by atoms with E-state index in [1.54, 1.807) is 0 Å². The first-order chi connectivity index (χ1) is 9.99. The van der Waals surface area contributed by atoms with E-state index >= 15 is 0 Å². The quantitative estimate of drug-likeness (QED) is 0.773. The molecule has 1 aromatic carbocycles. The summed E-state index contributed by atoms with van der Waals surface area (Å²) in [6.45, 7) is 6.16. The molecule has 4 heteroatoms. The van der Waals surface area contributed by atoms with Gasteiger partial charge in [0.15, 0.2) is 0 Å². The minimum atomic E-state index is -0.950. The van der Waals surface area contributed by atoms with Crippen LogP contribution in [0.25, 0.3) is 0 Å². The van der Waals surface area contributed by atoms with E-state index in [-0.39, 0.29) is 12.3 Å². The number of hydrogen-bond acceptors (Lipinski definition) is 2. The first kappa shape index (κ1) is 17.2. The molecular weight excluding hydrogens is 266 g/mol. The Balaban J connectivity index is 2.67. The zero-order valence-electron chi connectivity index (χ0n) is 13.1. The molecule has 0 radical (unpaired) electrons. The zero-order chi connectivity index (χ0) is 15.9.